The standard InChI is InChI=1S/C12H17N.6FH.Sb/c1-9-12(2,3)10-7-5-6-8-11(10)13(9)4;;;;;;;/h5-9H,1-4H3;6*1H;/q;;;;;;;+5/p-5. The molecule has 0 saturated carbocycles. The van der Waals surface area contributed by atoms with Crippen LogP contribution in [0.5, 0.6) is 0 Å². The second kappa shape index (κ2) is 4.29. The maximum atomic E-state index is 9.93. The predicted octanol–water partition coefficient (Wildman–Crippen LogP) is 3.65. The topological polar surface area (TPSA) is 4.44 Å². The fraction of sp³-hybridized carbons (Fsp3) is 0.500. The van der Waals surface area contributed by atoms with E-state index in [2.05, 4.69) is 52.1 Å². The SMILES string of the molecule is CC1[NH+](C)c2ccccc2C1(C)C.[F][Sb-]([F])([F])([F])([F])[F]. The van der Waals surface area contributed by atoms with Gasteiger partial charge in [0.15, 0.2) is 0 Å². The average molecular weight is 412 g/mol. The van der Waals surface area contributed by atoms with E-state index in [-0.39, 0.29) is 0 Å². The van der Waals surface area contributed by atoms with Crippen LogP contribution in [0.1, 0.15) is 26.3 Å². The Morgan fingerprint density at radius 2 is 1.40 bits per heavy atom. The quantitative estimate of drug-likeness (QED) is 0.491. The summed E-state index contributed by atoms with van der Waals surface area (Å²) < 4.78 is 59.6. The zero-order chi connectivity index (χ0) is 16.0. The first kappa shape index (κ1) is 17.6. The van der Waals surface area contributed by atoms with E-state index in [0.29, 0.717) is 11.5 Å². The Kier molecular flexibility index (Phi) is 3.78. The Labute approximate surface area is 116 Å². The summed E-state index contributed by atoms with van der Waals surface area (Å²) >= 11 is -11.2. The van der Waals surface area contributed by atoms with Gasteiger partial charge in [0.25, 0.3) is 0 Å². The Hall–Kier alpha value is -0.422. The molecule has 1 aliphatic heterocycles. The van der Waals surface area contributed by atoms with E-state index in [1.54, 1.807) is 4.90 Å². The van der Waals surface area contributed by atoms with Gasteiger partial charge in [0.2, 0.25) is 0 Å². The summed E-state index contributed by atoms with van der Waals surface area (Å²) in [4.78, 5) is 1.54. The van der Waals surface area contributed by atoms with Gasteiger partial charge in [-0.25, -0.2) is 0 Å². The molecule has 1 aromatic carbocycles. The Bertz CT molecular complexity index is 496. The van der Waals surface area contributed by atoms with Gasteiger partial charge in [-0.2, -0.15) is 0 Å². The van der Waals surface area contributed by atoms with E-state index < -0.39 is 19.5 Å². The van der Waals surface area contributed by atoms with Gasteiger partial charge in [0, 0.05) is 11.0 Å². The number of rotatable bonds is 0. The van der Waals surface area contributed by atoms with Crippen LogP contribution in [0.2, 0.25) is 0 Å². The monoisotopic (exact) mass is 411 g/mol. The molecular weight excluding hydrogens is 394 g/mol. The molecule has 2 atom stereocenters. The molecule has 20 heavy (non-hydrogen) atoms. The predicted molar refractivity (Wildman–Crippen MR) is 67.9 cm³/mol. The third-order valence-corrected chi connectivity index (χ3v) is 3.78. The fourth-order valence-corrected chi connectivity index (χ4v) is 2.40. The van der Waals surface area contributed by atoms with Crippen molar-refractivity contribution in [2.75, 3.05) is 7.05 Å². The molecule has 0 spiro atoms. The molecular formula is C12H18F6NSb. The zero-order valence-corrected chi connectivity index (χ0v) is 14.2. The van der Waals surface area contributed by atoms with E-state index in [1.165, 1.54) is 11.3 Å². The number of halogens is 6. The van der Waals surface area contributed by atoms with E-state index in [0.717, 1.165) is 0 Å². The summed E-state index contributed by atoms with van der Waals surface area (Å²) in [7, 11) is 2.26. The van der Waals surface area contributed by atoms with Crippen molar-refractivity contribution in [2.24, 2.45) is 0 Å². The van der Waals surface area contributed by atoms with Gasteiger partial charge in [-0.1, -0.05) is 18.2 Å². The second-order valence-electron chi connectivity index (χ2n) is 5.63. The fourth-order valence-electron chi connectivity index (χ4n) is 2.40. The molecule has 0 radical (unpaired) electrons. The van der Waals surface area contributed by atoms with Crippen LogP contribution in [0.4, 0.5) is 22.6 Å². The maximum absolute atomic E-state index is 11.2. The van der Waals surface area contributed by atoms with Crippen LogP contribution < -0.4 is 4.90 Å². The van der Waals surface area contributed by atoms with Gasteiger partial charge in [-0.15, -0.1) is 0 Å². The zero-order valence-electron chi connectivity index (χ0n) is 11.6. The molecule has 1 N–H and O–H groups in total. The van der Waals surface area contributed by atoms with Gasteiger partial charge >= 0.3 is 36.4 Å². The van der Waals surface area contributed by atoms with Gasteiger partial charge < -0.3 is 4.90 Å². The molecule has 0 fully saturated rings. The minimum atomic E-state index is -11.2. The summed E-state index contributed by atoms with van der Waals surface area (Å²) in [6.45, 7) is 7.01. The Morgan fingerprint density at radius 1 is 1.00 bits per heavy atom. The molecule has 0 saturated heterocycles. The first-order chi connectivity index (χ1) is 8.50. The van der Waals surface area contributed by atoms with Crippen molar-refractivity contribution in [2.45, 2.75) is 32.2 Å². The van der Waals surface area contributed by atoms with Gasteiger partial charge in [-0.05, 0) is 26.8 Å². The summed E-state index contributed by atoms with van der Waals surface area (Å²) in [5.41, 5.74) is 3.31. The van der Waals surface area contributed by atoms with Gasteiger partial charge in [-0.3, -0.25) is 0 Å². The van der Waals surface area contributed by atoms with Crippen LogP contribution in [0.15, 0.2) is 24.3 Å². The number of fused-ring (bicyclic) bond motifs is 1. The number of para-hydroxylation sites is 1. The molecule has 1 aliphatic rings. The Morgan fingerprint density at radius 3 is 1.80 bits per heavy atom. The molecule has 0 aliphatic carbocycles. The average Bonchev–Trinajstić information content (AvgIpc) is 2.37. The molecule has 2 unspecified atom stereocenters. The van der Waals surface area contributed by atoms with E-state index >= 15 is 0 Å². The normalized spacial score (nSPS) is 27.7. The first-order valence-electron chi connectivity index (χ1n) is 6.00. The van der Waals surface area contributed by atoms with Crippen molar-refractivity contribution in [3.8, 4) is 0 Å². The van der Waals surface area contributed by atoms with Crippen LogP contribution in [-0.2, 0) is 5.41 Å². The van der Waals surface area contributed by atoms with Crippen molar-refractivity contribution in [1.82, 2.24) is 0 Å². The van der Waals surface area contributed by atoms with Crippen LogP contribution >= 0.6 is 0 Å². The summed E-state index contributed by atoms with van der Waals surface area (Å²) in [5, 5.41) is 0. The second-order valence-corrected chi connectivity index (χ2v) is 11.1. The van der Waals surface area contributed by atoms with Crippen molar-refractivity contribution >= 4 is 25.2 Å². The molecule has 8 heteroatoms. The van der Waals surface area contributed by atoms with Gasteiger partial charge in [0.05, 0.1) is 13.1 Å². The van der Waals surface area contributed by atoms with E-state index in [1.807, 2.05) is 0 Å². The minimum absolute atomic E-state index is 0.320. The number of hydrogen-bond acceptors (Lipinski definition) is 0. The molecule has 2 rings (SSSR count). The summed E-state index contributed by atoms with van der Waals surface area (Å²) in [6.07, 6.45) is 0. The summed E-state index contributed by atoms with van der Waals surface area (Å²) in [5.74, 6) is 0. The third-order valence-electron chi connectivity index (χ3n) is 3.78. The molecule has 1 heterocycles. The van der Waals surface area contributed by atoms with Crippen molar-refractivity contribution in [3.05, 3.63) is 29.8 Å². The molecule has 0 amide bonds. The molecule has 118 valence electrons. The van der Waals surface area contributed by atoms with Crippen LogP contribution in [-0.4, -0.2) is 32.6 Å². The van der Waals surface area contributed by atoms with Crippen molar-refractivity contribution in [1.29, 1.82) is 0 Å². The number of likely N-dealkylation sites (N-methyl/N-ethyl adjacent to an activating group) is 1. The van der Waals surface area contributed by atoms with E-state index in [4.69, 9.17) is 0 Å². The van der Waals surface area contributed by atoms with Crippen molar-refractivity contribution in [3.63, 3.8) is 0 Å². The van der Waals surface area contributed by atoms with Crippen molar-refractivity contribution < 1.29 is 21.8 Å². The van der Waals surface area contributed by atoms with Crippen LogP contribution in [0.25, 0.3) is 0 Å². The molecule has 1 nitrogen and oxygen atoms in total. The number of hydrogen-bond donors (Lipinski definition) is 1. The van der Waals surface area contributed by atoms with Crippen LogP contribution in [0, 0.1) is 0 Å². The third kappa shape index (κ3) is 5.17. The number of nitrogens with one attached hydrogen (secondary N) is 1. The van der Waals surface area contributed by atoms with Gasteiger partial charge in [0.1, 0.15) is 5.69 Å². The van der Waals surface area contributed by atoms with E-state index in [9.17, 15) is 16.9 Å². The summed E-state index contributed by atoms with van der Waals surface area (Å²) in [6, 6.07) is 9.46. The molecule has 0 bridgehead atoms. The number of quaternary nitrogens is 1. The molecule has 1 aromatic rings. The van der Waals surface area contributed by atoms with Crippen LogP contribution in [0.3, 0.4) is 0 Å². The first-order valence-corrected chi connectivity index (χ1v) is 11.8. The molecule has 0 aromatic heterocycles. The number of benzene rings is 1. The Balaban J connectivity index is 0.000000246.